The molecule has 32 heavy (non-hydrogen) atoms. The Hall–Kier alpha value is -2.19. The molecule has 1 aromatic heterocycles. The summed E-state index contributed by atoms with van der Waals surface area (Å²) in [6, 6.07) is 6.25. The van der Waals surface area contributed by atoms with Crippen LogP contribution in [0.25, 0.3) is 0 Å². The van der Waals surface area contributed by atoms with Gasteiger partial charge in [-0.1, -0.05) is 19.1 Å². The standard InChI is InChI=1S/C24H30F3N5/c1-16-5-6-18-20(16)22(31-15-30-18)32-14-23(7-10-28-11-8-23)21-17(3-2-4-19(21)32)13-29-12-9-24(25,26)27/h2-4,15-16,28-29H,5-14H2,1H3. The summed E-state index contributed by atoms with van der Waals surface area (Å²) >= 11 is 0. The lowest BCUT2D eigenvalue weighted by atomic mass is 9.73. The Balaban J connectivity index is 1.51. The first-order valence-corrected chi connectivity index (χ1v) is 11.6. The number of hydrogen-bond donors (Lipinski definition) is 2. The van der Waals surface area contributed by atoms with E-state index in [-0.39, 0.29) is 12.0 Å². The first-order chi connectivity index (χ1) is 15.4. The maximum absolute atomic E-state index is 12.6. The Morgan fingerprint density at radius 3 is 2.81 bits per heavy atom. The number of rotatable bonds is 5. The molecule has 0 radical (unpaired) electrons. The lowest BCUT2D eigenvalue weighted by Gasteiger charge is -2.36. The van der Waals surface area contributed by atoms with Gasteiger partial charge in [0.15, 0.2) is 0 Å². The van der Waals surface area contributed by atoms with Crippen molar-refractivity contribution < 1.29 is 13.2 Å². The molecule has 1 aromatic carbocycles. The van der Waals surface area contributed by atoms with Gasteiger partial charge in [-0.15, -0.1) is 0 Å². The smallest absolute Gasteiger partial charge is 0.325 e. The molecule has 3 heterocycles. The Morgan fingerprint density at radius 2 is 2.03 bits per heavy atom. The van der Waals surface area contributed by atoms with Crippen LogP contribution in [0.1, 0.15) is 60.9 Å². The van der Waals surface area contributed by atoms with E-state index in [1.54, 1.807) is 6.33 Å². The molecule has 3 aliphatic rings. The van der Waals surface area contributed by atoms with Crippen LogP contribution in [0, 0.1) is 0 Å². The number of benzene rings is 1. The molecule has 2 aliphatic heterocycles. The van der Waals surface area contributed by atoms with Crippen molar-refractivity contribution >= 4 is 11.5 Å². The summed E-state index contributed by atoms with van der Waals surface area (Å²) in [5.74, 6) is 1.44. The largest absolute Gasteiger partial charge is 0.390 e. The van der Waals surface area contributed by atoms with E-state index in [4.69, 9.17) is 4.98 Å². The SMILES string of the molecule is CC1CCc2ncnc(N3CC4(CCNCC4)c4c(CNCCC(F)(F)F)cccc43)c21. The van der Waals surface area contributed by atoms with Gasteiger partial charge in [0.05, 0.1) is 6.42 Å². The number of halogens is 3. The molecule has 2 N–H and O–H groups in total. The third kappa shape index (κ3) is 3.88. The Kier molecular flexibility index (Phi) is 5.61. The molecule has 2 aromatic rings. The predicted molar refractivity (Wildman–Crippen MR) is 118 cm³/mol. The zero-order valence-electron chi connectivity index (χ0n) is 18.4. The molecule has 8 heteroatoms. The van der Waals surface area contributed by atoms with Gasteiger partial charge >= 0.3 is 6.18 Å². The number of nitrogens with one attached hydrogen (secondary N) is 2. The molecule has 0 amide bonds. The third-order valence-corrected chi connectivity index (χ3v) is 7.38. The van der Waals surface area contributed by atoms with Gasteiger partial charge in [-0.3, -0.25) is 0 Å². The first-order valence-electron chi connectivity index (χ1n) is 11.6. The quantitative estimate of drug-likeness (QED) is 0.671. The number of nitrogens with zero attached hydrogens (tertiary/aromatic N) is 3. The van der Waals surface area contributed by atoms with Gasteiger partial charge in [-0.05, 0) is 61.9 Å². The summed E-state index contributed by atoms with van der Waals surface area (Å²) in [4.78, 5) is 11.7. The topological polar surface area (TPSA) is 53.1 Å². The Bertz CT molecular complexity index is 984. The minimum atomic E-state index is -4.14. The zero-order valence-corrected chi connectivity index (χ0v) is 18.4. The lowest BCUT2D eigenvalue weighted by molar-refractivity contribution is -0.133. The van der Waals surface area contributed by atoms with Crippen molar-refractivity contribution in [1.82, 2.24) is 20.6 Å². The molecule has 5 rings (SSSR count). The average molecular weight is 446 g/mol. The summed E-state index contributed by atoms with van der Waals surface area (Å²) in [7, 11) is 0. The van der Waals surface area contributed by atoms with Gasteiger partial charge in [0.1, 0.15) is 12.1 Å². The predicted octanol–water partition coefficient (Wildman–Crippen LogP) is 4.34. The van der Waals surface area contributed by atoms with Crippen molar-refractivity contribution in [2.45, 2.75) is 63.1 Å². The van der Waals surface area contributed by atoms with Gasteiger partial charge < -0.3 is 15.5 Å². The molecule has 1 unspecified atom stereocenters. The average Bonchev–Trinajstić information content (AvgIpc) is 3.30. The zero-order chi connectivity index (χ0) is 22.3. The van der Waals surface area contributed by atoms with Crippen LogP contribution in [0.15, 0.2) is 24.5 Å². The highest BCUT2D eigenvalue weighted by Crippen LogP contribution is 2.52. The van der Waals surface area contributed by atoms with Crippen molar-refractivity contribution in [3.8, 4) is 0 Å². The molecule has 0 saturated carbocycles. The summed E-state index contributed by atoms with van der Waals surface area (Å²) < 4.78 is 37.8. The highest BCUT2D eigenvalue weighted by molar-refractivity contribution is 5.75. The van der Waals surface area contributed by atoms with E-state index in [1.807, 2.05) is 6.07 Å². The van der Waals surface area contributed by atoms with Crippen LogP contribution >= 0.6 is 0 Å². The Morgan fingerprint density at radius 1 is 1.22 bits per heavy atom. The van der Waals surface area contributed by atoms with Crippen LogP contribution in [0.4, 0.5) is 24.7 Å². The second-order valence-electron chi connectivity index (χ2n) is 9.47. The van der Waals surface area contributed by atoms with E-state index < -0.39 is 12.6 Å². The number of alkyl halides is 3. The van der Waals surface area contributed by atoms with Gasteiger partial charge in [-0.2, -0.15) is 13.2 Å². The van der Waals surface area contributed by atoms with Crippen LogP contribution in [0.2, 0.25) is 0 Å². The minimum Gasteiger partial charge on any atom is -0.325 e. The van der Waals surface area contributed by atoms with E-state index in [0.717, 1.165) is 68.1 Å². The van der Waals surface area contributed by atoms with Gasteiger partial charge in [-0.25, -0.2) is 9.97 Å². The van der Waals surface area contributed by atoms with E-state index in [1.165, 1.54) is 11.1 Å². The van der Waals surface area contributed by atoms with Gasteiger partial charge in [0, 0.05) is 42.0 Å². The van der Waals surface area contributed by atoms with Crippen molar-refractivity contribution in [1.29, 1.82) is 0 Å². The third-order valence-electron chi connectivity index (χ3n) is 7.38. The van der Waals surface area contributed by atoms with E-state index in [9.17, 15) is 13.2 Å². The summed E-state index contributed by atoms with van der Waals surface area (Å²) in [5, 5.41) is 6.51. The molecule has 172 valence electrons. The maximum Gasteiger partial charge on any atom is 0.390 e. The monoisotopic (exact) mass is 445 g/mol. The molecular formula is C24H30F3N5. The molecule has 1 fully saturated rings. The van der Waals surface area contributed by atoms with Crippen molar-refractivity contribution in [2.75, 3.05) is 31.1 Å². The number of piperidine rings is 1. The summed E-state index contributed by atoms with van der Waals surface area (Å²) in [6.45, 7) is 5.38. The molecule has 1 spiro atoms. The fourth-order valence-corrected chi connectivity index (χ4v) is 5.83. The Labute approximate surface area is 186 Å². The first kappa shape index (κ1) is 21.6. The minimum absolute atomic E-state index is 0.0113. The van der Waals surface area contributed by atoms with Gasteiger partial charge in [0.2, 0.25) is 0 Å². The van der Waals surface area contributed by atoms with Crippen LogP contribution in [0.3, 0.4) is 0 Å². The highest BCUT2D eigenvalue weighted by Gasteiger charge is 2.46. The molecule has 1 atom stereocenters. The second kappa shape index (κ2) is 8.30. The fourth-order valence-electron chi connectivity index (χ4n) is 5.83. The fraction of sp³-hybridized carbons (Fsp3) is 0.583. The normalized spacial score (nSPS) is 21.8. The summed E-state index contributed by atoms with van der Waals surface area (Å²) in [5.41, 5.74) is 5.95. The second-order valence-corrected chi connectivity index (χ2v) is 9.47. The van der Waals surface area contributed by atoms with Crippen molar-refractivity contribution in [2.24, 2.45) is 0 Å². The molecule has 1 saturated heterocycles. The van der Waals surface area contributed by atoms with E-state index >= 15 is 0 Å². The van der Waals surface area contributed by atoms with Crippen LogP contribution < -0.4 is 15.5 Å². The van der Waals surface area contributed by atoms with Crippen molar-refractivity contribution in [3.05, 3.63) is 46.9 Å². The number of hydrogen-bond acceptors (Lipinski definition) is 5. The van der Waals surface area contributed by atoms with Crippen LogP contribution in [-0.2, 0) is 18.4 Å². The molecule has 1 aliphatic carbocycles. The molecule has 5 nitrogen and oxygen atoms in total. The number of anilines is 2. The summed E-state index contributed by atoms with van der Waals surface area (Å²) in [6.07, 6.45) is 0.849. The molecule has 0 bridgehead atoms. The van der Waals surface area contributed by atoms with Gasteiger partial charge in [0.25, 0.3) is 0 Å². The van der Waals surface area contributed by atoms with E-state index in [2.05, 4.69) is 39.6 Å². The molecular weight excluding hydrogens is 415 g/mol. The lowest BCUT2D eigenvalue weighted by Crippen LogP contribution is -2.43. The van der Waals surface area contributed by atoms with Crippen LogP contribution in [0.5, 0.6) is 0 Å². The number of aryl methyl sites for hydroxylation is 1. The van der Waals surface area contributed by atoms with E-state index in [0.29, 0.717) is 12.5 Å². The number of aromatic nitrogens is 2. The highest BCUT2D eigenvalue weighted by atomic mass is 19.4. The number of fused-ring (bicyclic) bond motifs is 3. The van der Waals surface area contributed by atoms with Crippen LogP contribution in [-0.4, -0.2) is 42.3 Å². The van der Waals surface area contributed by atoms with Crippen molar-refractivity contribution in [3.63, 3.8) is 0 Å². The maximum atomic E-state index is 12.6.